The number of likely N-dealkylation sites (N-methyl/N-ethyl adjacent to an activating group) is 1. The largest absolute Gasteiger partial charge is 0.492 e. The number of hydrogen-bond donors (Lipinski definition) is 1. The molecule has 0 saturated carbocycles. The first-order valence-corrected chi connectivity index (χ1v) is 7.82. The predicted molar refractivity (Wildman–Crippen MR) is 85.2 cm³/mol. The fourth-order valence-electron chi connectivity index (χ4n) is 2.46. The molecule has 0 fully saturated rings. The first-order chi connectivity index (χ1) is 9.93. The summed E-state index contributed by atoms with van der Waals surface area (Å²) in [6.45, 7) is 5.08. The van der Waals surface area contributed by atoms with Crippen LogP contribution in [-0.4, -0.2) is 37.0 Å². The maximum absolute atomic E-state index is 12.2. The van der Waals surface area contributed by atoms with Crippen LogP contribution in [0.3, 0.4) is 0 Å². The molecule has 2 rings (SSSR count). The van der Waals surface area contributed by atoms with E-state index in [0.29, 0.717) is 28.9 Å². The second-order valence-electron chi connectivity index (χ2n) is 5.24. The van der Waals surface area contributed by atoms with E-state index >= 15 is 0 Å². The molecule has 116 valence electrons. The van der Waals surface area contributed by atoms with Gasteiger partial charge < -0.3 is 9.64 Å². The van der Waals surface area contributed by atoms with Crippen molar-refractivity contribution < 1.29 is 9.53 Å². The predicted octanol–water partition coefficient (Wildman–Crippen LogP) is 3.27. The molecule has 2 atom stereocenters. The lowest BCUT2D eigenvalue weighted by atomic mass is 9.99. The number of nitrogens with zero attached hydrogens (tertiary/aromatic N) is 1. The summed E-state index contributed by atoms with van der Waals surface area (Å²) >= 11 is 12.2. The molecule has 0 saturated heterocycles. The van der Waals surface area contributed by atoms with Crippen LogP contribution in [0.1, 0.15) is 31.9 Å². The van der Waals surface area contributed by atoms with Crippen molar-refractivity contribution in [2.75, 3.05) is 20.2 Å². The third-order valence-corrected chi connectivity index (χ3v) is 4.24. The van der Waals surface area contributed by atoms with Crippen molar-refractivity contribution in [3.63, 3.8) is 0 Å². The number of ether oxygens (including phenoxy) is 1. The summed E-state index contributed by atoms with van der Waals surface area (Å²) in [5.41, 5.74) is 0.914. The minimum Gasteiger partial charge on any atom is -0.492 e. The Morgan fingerprint density at radius 1 is 1.52 bits per heavy atom. The highest BCUT2D eigenvalue weighted by Crippen LogP contribution is 2.40. The van der Waals surface area contributed by atoms with Crippen molar-refractivity contribution in [2.45, 2.75) is 32.4 Å². The van der Waals surface area contributed by atoms with Crippen LogP contribution in [0.2, 0.25) is 10.0 Å². The van der Waals surface area contributed by atoms with Gasteiger partial charge in [0.15, 0.2) is 0 Å². The lowest BCUT2D eigenvalue weighted by Gasteiger charge is -2.31. The molecule has 4 nitrogen and oxygen atoms in total. The van der Waals surface area contributed by atoms with Crippen LogP contribution in [0.25, 0.3) is 0 Å². The molecule has 0 aliphatic carbocycles. The summed E-state index contributed by atoms with van der Waals surface area (Å²) < 4.78 is 5.62. The van der Waals surface area contributed by atoms with Gasteiger partial charge in [0.25, 0.3) is 0 Å². The Morgan fingerprint density at radius 2 is 2.24 bits per heavy atom. The molecular formula is C15H20Cl2N2O2. The summed E-state index contributed by atoms with van der Waals surface area (Å²) in [6, 6.07) is 3.25. The quantitative estimate of drug-likeness (QED) is 0.921. The first kappa shape index (κ1) is 16.4. The van der Waals surface area contributed by atoms with Crippen LogP contribution in [0, 0.1) is 0 Å². The molecule has 1 aliphatic heterocycles. The highest BCUT2D eigenvalue weighted by atomic mass is 35.5. The molecule has 1 aliphatic rings. The number of rotatable bonds is 4. The van der Waals surface area contributed by atoms with Crippen LogP contribution < -0.4 is 10.1 Å². The molecule has 1 heterocycles. The van der Waals surface area contributed by atoms with E-state index in [-0.39, 0.29) is 18.0 Å². The van der Waals surface area contributed by atoms with Gasteiger partial charge in [-0.2, -0.15) is 0 Å². The Hall–Kier alpha value is -0.970. The molecule has 2 unspecified atom stereocenters. The number of fused-ring (bicyclic) bond motifs is 1. The van der Waals surface area contributed by atoms with E-state index in [1.165, 1.54) is 0 Å². The highest BCUT2D eigenvalue weighted by molar-refractivity contribution is 6.35. The monoisotopic (exact) mass is 330 g/mol. The molecule has 0 bridgehead atoms. The third kappa shape index (κ3) is 3.62. The van der Waals surface area contributed by atoms with Crippen molar-refractivity contribution in [1.82, 2.24) is 10.2 Å². The van der Waals surface area contributed by atoms with Crippen molar-refractivity contribution in [3.05, 3.63) is 27.7 Å². The lowest BCUT2D eigenvalue weighted by Crippen LogP contribution is -2.45. The van der Waals surface area contributed by atoms with Gasteiger partial charge in [-0.15, -0.1) is 0 Å². The summed E-state index contributed by atoms with van der Waals surface area (Å²) in [5.74, 6) is 0.729. The van der Waals surface area contributed by atoms with Crippen LogP contribution in [0.4, 0.5) is 0 Å². The van der Waals surface area contributed by atoms with Crippen molar-refractivity contribution >= 4 is 29.1 Å². The fourth-order valence-corrected chi connectivity index (χ4v) is 3.02. The van der Waals surface area contributed by atoms with Crippen LogP contribution in [-0.2, 0) is 4.79 Å². The Morgan fingerprint density at radius 3 is 2.90 bits per heavy atom. The second-order valence-corrected chi connectivity index (χ2v) is 6.08. The number of hydrogen-bond acceptors (Lipinski definition) is 3. The Labute approximate surface area is 135 Å². The number of nitrogens with one attached hydrogen (secondary N) is 1. The maximum Gasteiger partial charge on any atom is 0.239 e. The zero-order chi connectivity index (χ0) is 15.6. The average molecular weight is 331 g/mol. The van der Waals surface area contributed by atoms with Gasteiger partial charge in [0.05, 0.1) is 17.7 Å². The summed E-state index contributed by atoms with van der Waals surface area (Å²) in [5, 5.41) is 4.43. The normalized spacial score (nSPS) is 18.6. The average Bonchev–Trinajstić information content (AvgIpc) is 2.46. The Balaban J connectivity index is 2.19. The van der Waals surface area contributed by atoms with Gasteiger partial charge in [0.2, 0.25) is 5.91 Å². The number of halogens is 2. The van der Waals surface area contributed by atoms with E-state index in [2.05, 4.69) is 5.32 Å². The van der Waals surface area contributed by atoms with Gasteiger partial charge in [-0.05, 0) is 26.0 Å². The van der Waals surface area contributed by atoms with Crippen molar-refractivity contribution in [1.29, 1.82) is 0 Å². The van der Waals surface area contributed by atoms with Gasteiger partial charge in [0, 0.05) is 36.6 Å². The van der Waals surface area contributed by atoms with Crippen LogP contribution in [0.15, 0.2) is 12.1 Å². The maximum atomic E-state index is 12.2. The van der Waals surface area contributed by atoms with Gasteiger partial charge in [-0.3, -0.25) is 10.1 Å². The first-order valence-electron chi connectivity index (χ1n) is 7.06. The number of amides is 1. The lowest BCUT2D eigenvalue weighted by molar-refractivity contribution is -0.131. The van der Waals surface area contributed by atoms with Crippen LogP contribution in [0.5, 0.6) is 5.75 Å². The SMILES string of the molecule is CCN(C)C(=O)C(C)NC1CCOc2c(Cl)cc(Cl)cc21. The molecule has 0 aromatic heterocycles. The van der Waals surface area contributed by atoms with E-state index in [1.807, 2.05) is 19.9 Å². The van der Waals surface area contributed by atoms with E-state index in [1.54, 1.807) is 18.0 Å². The molecule has 1 aromatic rings. The molecule has 0 radical (unpaired) electrons. The minimum atomic E-state index is -0.274. The van der Waals surface area contributed by atoms with E-state index in [4.69, 9.17) is 27.9 Å². The van der Waals surface area contributed by atoms with Crippen molar-refractivity contribution in [2.24, 2.45) is 0 Å². The van der Waals surface area contributed by atoms with Gasteiger partial charge in [-0.1, -0.05) is 23.2 Å². The van der Waals surface area contributed by atoms with Gasteiger partial charge >= 0.3 is 0 Å². The van der Waals surface area contributed by atoms with Gasteiger partial charge in [-0.25, -0.2) is 0 Å². The fraction of sp³-hybridized carbons (Fsp3) is 0.533. The zero-order valence-corrected chi connectivity index (χ0v) is 14.0. The van der Waals surface area contributed by atoms with E-state index in [9.17, 15) is 4.79 Å². The van der Waals surface area contributed by atoms with Gasteiger partial charge in [0.1, 0.15) is 5.75 Å². The molecule has 1 aromatic carbocycles. The molecule has 6 heteroatoms. The summed E-state index contributed by atoms with van der Waals surface area (Å²) in [6.07, 6.45) is 0.775. The molecular weight excluding hydrogens is 311 g/mol. The van der Waals surface area contributed by atoms with E-state index < -0.39 is 0 Å². The zero-order valence-electron chi connectivity index (χ0n) is 12.5. The molecule has 0 spiro atoms. The van der Waals surface area contributed by atoms with Crippen molar-refractivity contribution in [3.8, 4) is 5.75 Å². The van der Waals surface area contributed by atoms with Crippen LogP contribution >= 0.6 is 23.2 Å². The van der Waals surface area contributed by atoms with E-state index in [0.717, 1.165) is 12.0 Å². The smallest absolute Gasteiger partial charge is 0.239 e. The summed E-state index contributed by atoms with van der Waals surface area (Å²) in [7, 11) is 1.80. The highest BCUT2D eigenvalue weighted by Gasteiger charge is 2.27. The number of benzene rings is 1. The molecule has 21 heavy (non-hydrogen) atoms. The topological polar surface area (TPSA) is 41.6 Å². The minimum absolute atomic E-state index is 0.00848. The molecule has 1 N–H and O–H groups in total. The number of carbonyl (C=O) groups excluding carboxylic acids is 1. The second kappa shape index (κ2) is 6.86. The standard InChI is InChI=1S/C15H20Cl2N2O2/c1-4-19(3)15(20)9(2)18-13-5-6-21-14-11(13)7-10(16)8-12(14)17/h7-9,13,18H,4-6H2,1-3H3. The summed E-state index contributed by atoms with van der Waals surface area (Å²) in [4.78, 5) is 13.9. The Kier molecular flexibility index (Phi) is 5.36. The number of carbonyl (C=O) groups is 1. The third-order valence-electron chi connectivity index (χ3n) is 3.74. The molecule has 1 amide bonds. The Bertz CT molecular complexity index is 537.